The minimum atomic E-state index is -0.189. The van der Waals surface area contributed by atoms with Crippen molar-refractivity contribution in [2.45, 2.75) is 37.4 Å². The van der Waals surface area contributed by atoms with Crippen LogP contribution in [0, 0.1) is 0 Å². The van der Waals surface area contributed by atoms with Gasteiger partial charge in [-0.3, -0.25) is 4.79 Å². The van der Waals surface area contributed by atoms with Gasteiger partial charge in [-0.05, 0) is 63.7 Å². The van der Waals surface area contributed by atoms with Crippen LogP contribution in [0.15, 0.2) is 53.9 Å². The van der Waals surface area contributed by atoms with Gasteiger partial charge in [-0.2, -0.15) is 0 Å². The molecule has 3 aromatic rings. The Morgan fingerprint density at radius 1 is 1.20 bits per heavy atom. The third kappa shape index (κ3) is 6.82. The average molecular weight is 528 g/mol. The average Bonchev–Trinajstić information content (AvgIpc) is 3.35. The lowest BCUT2D eigenvalue weighted by Gasteiger charge is -2.36. The predicted octanol–water partition coefficient (Wildman–Crippen LogP) is 7.04. The lowest BCUT2D eigenvalue weighted by molar-refractivity contribution is 0.102. The van der Waals surface area contributed by atoms with E-state index in [1.54, 1.807) is 18.4 Å². The van der Waals surface area contributed by atoms with E-state index in [1.807, 2.05) is 75.5 Å². The maximum atomic E-state index is 13.1. The highest BCUT2D eigenvalue weighted by Gasteiger charge is 2.28. The molecule has 186 valence electrons. The van der Waals surface area contributed by atoms with Crippen LogP contribution in [0.2, 0.25) is 0 Å². The van der Waals surface area contributed by atoms with Crippen LogP contribution >= 0.6 is 32.9 Å². The second kappa shape index (κ2) is 11.8. The Balaban J connectivity index is 1.42. The van der Waals surface area contributed by atoms with Gasteiger partial charge in [0.2, 0.25) is 0 Å². The zero-order valence-electron chi connectivity index (χ0n) is 20.7. The first-order valence-electron chi connectivity index (χ1n) is 11.8. The highest BCUT2D eigenvalue weighted by atomic mass is 33.1. The van der Waals surface area contributed by atoms with E-state index in [-0.39, 0.29) is 10.7 Å². The van der Waals surface area contributed by atoms with Crippen LogP contribution in [0.1, 0.15) is 48.1 Å². The Morgan fingerprint density at radius 2 is 1.94 bits per heavy atom. The fraction of sp³-hybridized carbons (Fsp3) is 0.407. The van der Waals surface area contributed by atoms with E-state index in [0.29, 0.717) is 23.0 Å². The van der Waals surface area contributed by atoms with Gasteiger partial charge in [0.1, 0.15) is 11.4 Å². The maximum absolute atomic E-state index is 13.1. The summed E-state index contributed by atoms with van der Waals surface area (Å²) in [5, 5.41) is 6.03. The molecule has 0 atom stereocenters. The molecule has 35 heavy (non-hydrogen) atoms. The molecule has 1 aromatic heterocycles. The number of anilines is 1. The molecule has 0 spiro atoms. The smallest absolute Gasteiger partial charge is 0.275 e. The van der Waals surface area contributed by atoms with E-state index in [9.17, 15) is 4.79 Å². The number of hydrogen-bond donors (Lipinski definition) is 1. The van der Waals surface area contributed by atoms with Crippen molar-refractivity contribution in [1.29, 1.82) is 0 Å². The van der Waals surface area contributed by atoms with Gasteiger partial charge in [0.05, 0.1) is 17.8 Å². The SMILES string of the molecule is COc1ccc(-c2ccccc2)c(NC(=O)c2csc(C3CCN(CC(C)(C)SSC)CC3)n2)c1. The summed E-state index contributed by atoms with van der Waals surface area (Å²) in [7, 11) is 5.41. The van der Waals surface area contributed by atoms with Crippen molar-refractivity contribution < 1.29 is 9.53 Å². The molecule has 1 fully saturated rings. The molecule has 1 saturated heterocycles. The van der Waals surface area contributed by atoms with E-state index in [1.165, 1.54) is 0 Å². The van der Waals surface area contributed by atoms with Gasteiger partial charge in [0, 0.05) is 34.2 Å². The van der Waals surface area contributed by atoms with E-state index in [2.05, 4.69) is 30.3 Å². The molecule has 2 aromatic carbocycles. The van der Waals surface area contributed by atoms with Crippen LogP contribution < -0.4 is 10.1 Å². The number of benzene rings is 2. The van der Waals surface area contributed by atoms with Gasteiger partial charge < -0.3 is 15.0 Å². The summed E-state index contributed by atoms with van der Waals surface area (Å²) in [4.78, 5) is 20.5. The summed E-state index contributed by atoms with van der Waals surface area (Å²) in [5.74, 6) is 0.932. The summed E-state index contributed by atoms with van der Waals surface area (Å²) in [6, 6.07) is 15.8. The molecule has 1 amide bonds. The van der Waals surface area contributed by atoms with Crippen molar-refractivity contribution in [3.05, 3.63) is 64.6 Å². The Morgan fingerprint density at radius 3 is 2.63 bits per heavy atom. The maximum Gasteiger partial charge on any atom is 0.275 e. The van der Waals surface area contributed by atoms with Crippen molar-refractivity contribution in [2.24, 2.45) is 0 Å². The molecule has 4 rings (SSSR count). The fourth-order valence-electron chi connectivity index (χ4n) is 4.52. The Bertz CT molecular complexity index is 1130. The predicted molar refractivity (Wildman–Crippen MR) is 152 cm³/mol. The molecule has 0 radical (unpaired) electrons. The fourth-order valence-corrected chi connectivity index (χ4v) is 7.69. The van der Waals surface area contributed by atoms with Gasteiger partial charge in [0.25, 0.3) is 5.91 Å². The second-order valence-corrected chi connectivity index (χ2v) is 13.4. The molecule has 1 aliphatic rings. The van der Waals surface area contributed by atoms with E-state index in [0.717, 1.165) is 48.6 Å². The number of likely N-dealkylation sites (tertiary alicyclic amines) is 1. The van der Waals surface area contributed by atoms with Gasteiger partial charge in [-0.15, -0.1) is 11.3 Å². The number of aromatic nitrogens is 1. The minimum Gasteiger partial charge on any atom is -0.497 e. The number of amides is 1. The molecular formula is C27H33N3O2S3. The highest BCUT2D eigenvalue weighted by Crippen LogP contribution is 2.37. The largest absolute Gasteiger partial charge is 0.497 e. The van der Waals surface area contributed by atoms with Crippen LogP contribution in [0.5, 0.6) is 5.75 Å². The van der Waals surface area contributed by atoms with Crippen LogP contribution in [-0.2, 0) is 0 Å². The number of nitrogens with one attached hydrogen (secondary N) is 1. The number of hydrogen-bond acceptors (Lipinski definition) is 7. The summed E-state index contributed by atoms with van der Waals surface area (Å²) in [5.41, 5.74) is 3.18. The molecule has 0 bridgehead atoms. The number of thiazole rings is 1. The molecule has 1 N–H and O–H groups in total. The number of rotatable bonds is 9. The van der Waals surface area contributed by atoms with E-state index < -0.39 is 0 Å². The summed E-state index contributed by atoms with van der Waals surface area (Å²) in [6.07, 6.45) is 4.32. The first-order valence-corrected chi connectivity index (χ1v) is 15.3. The Kier molecular flexibility index (Phi) is 8.81. The van der Waals surface area contributed by atoms with Gasteiger partial charge in [0.15, 0.2) is 0 Å². The van der Waals surface area contributed by atoms with Crippen molar-refractivity contribution in [3.63, 3.8) is 0 Å². The molecule has 8 heteroatoms. The van der Waals surface area contributed by atoms with Crippen molar-refractivity contribution in [1.82, 2.24) is 9.88 Å². The first-order chi connectivity index (χ1) is 16.9. The minimum absolute atomic E-state index is 0.189. The zero-order chi connectivity index (χ0) is 24.8. The van der Waals surface area contributed by atoms with Gasteiger partial charge in [-0.1, -0.05) is 51.9 Å². The molecular weight excluding hydrogens is 495 g/mol. The number of carbonyl (C=O) groups excluding carboxylic acids is 1. The zero-order valence-corrected chi connectivity index (χ0v) is 23.2. The summed E-state index contributed by atoms with van der Waals surface area (Å²) in [6.45, 7) is 7.89. The molecule has 0 unspecified atom stereocenters. The van der Waals surface area contributed by atoms with E-state index >= 15 is 0 Å². The standard InChI is InChI=1S/C27H33N3O2S3/c1-27(2,35-33-4)18-30-14-12-20(13-15-30)26-29-24(17-34-26)25(31)28-23-16-21(32-3)10-11-22(23)19-8-6-5-7-9-19/h5-11,16-17,20H,12-15,18H2,1-4H3,(H,28,31). The highest BCUT2D eigenvalue weighted by molar-refractivity contribution is 8.76. The molecule has 2 heterocycles. The summed E-state index contributed by atoms with van der Waals surface area (Å²) >= 11 is 1.60. The lowest BCUT2D eigenvalue weighted by Crippen LogP contribution is -2.40. The van der Waals surface area contributed by atoms with Crippen LogP contribution in [0.25, 0.3) is 11.1 Å². The topological polar surface area (TPSA) is 54.5 Å². The second-order valence-electron chi connectivity index (χ2n) is 9.36. The third-order valence-corrected chi connectivity index (χ3v) is 9.77. The number of piperidine rings is 1. The quantitative estimate of drug-likeness (QED) is 0.301. The van der Waals surface area contributed by atoms with Gasteiger partial charge >= 0.3 is 0 Å². The molecule has 0 aliphatic carbocycles. The van der Waals surface area contributed by atoms with Crippen molar-refractivity contribution in [3.8, 4) is 16.9 Å². The molecule has 1 aliphatic heterocycles. The van der Waals surface area contributed by atoms with Crippen molar-refractivity contribution >= 4 is 44.5 Å². The third-order valence-electron chi connectivity index (χ3n) is 6.16. The molecule has 5 nitrogen and oxygen atoms in total. The summed E-state index contributed by atoms with van der Waals surface area (Å²) < 4.78 is 5.64. The normalized spacial score (nSPS) is 15.2. The number of ether oxygens (including phenoxy) is 1. The Hall–Kier alpha value is -2.00. The van der Waals surface area contributed by atoms with Crippen LogP contribution in [-0.4, -0.2) is 53.5 Å². The Labute approximate surface area is 220 Å². The van der Waals surface area contributed by atoms with Crippen LogP contribution in [0.4, 0.5) is 5.69 Å². The van der Waals surface area contributed by atoms with Crippen LogP contribution in [0.3, 0.4) is 0 Å². The number of nitrogens with zero attached hydrogens (tertiary/aromatic N) is 2. The number of carbonyl (C=O) groups is 1. The first kappa shape index (κ1) is 26.1. The number of methoxy groups -OCH3 is 1. The van der Waals surface area contributed by atoms with Gasteiger partial charge in [-0.25, -0.2) is 4.98 Å². The van der Waals surface area contributed by atoms with E-state index in [4.69, 9.17) is 9.72 Å². The monoisotopic (exact) mass is 527 g/mol. The van der Waals surface area contributed by atoms with Crippen molar-refractivity contribution in [2.75, 3.05) is 38.3 Å². The molecule has 0 saturated carbocycles. The lowest BCUT2D eigenvalue weighted by atomic mass is 9.97.